The molecule has 0 radical (unpaired) electrons. The maximum Gasteiger partial charge on any atom is 0.220 e. The molecule has 0 rings (SSSR count). The van der Waals surface area contributed by atoms with Gasteiger partial charge in [-0.2, -0.15) is 0 Å². The Morgan fingerprint density at radius 1 is 0.397 bits per heavy atom. The molecule has 0 spiro atoms. The van der Waals surface area contributed by atoms with Gasteiger partial charge in [0, 0.05) is 6.42 Å². The van der Waals surface area contributed by atoms with Gasteiger partial charge < -0.3 is 15.5 Å². The number of hydrogen-bond acceptors (Lipinski definition) is 3. The Morgan fingerprint density at radius 2 is 0.672 bits per heavy atom. The van der Waals surface area contributed by atoms with Crippen LogP contribution in [0.2, 0.25) is 0 Å². The molecule has 4 heteroatoms. The predicted molar refractivity (Wildman–Crippen MR) is 258 cm³/mol. The SMILES string of the molecule is CCCCCCCCCC/C=C\CCCCCCCCCCCCCCCCCC(=O)NC(CO)C(O)/C=C/CC/C=C/CC/C=C/CCCCCCCCCCC. The molecule has 0 saturated carbocycles. The van der Waals surface area contributed by atoms with Crippen molar-refractivity contribution in [3.8, 4) is 0 Å². The maximum absolute atomic E-state index is 12.4. The second-order valence-electron chi connectivity index (χ2n) is 17.6. The second-order valence-corrected chi connectivity index (χ2v) is 17.6. The van der Waals surface area contributed by atoms with Gasteiger partial charge in [-0.25, -0.2) is 0 Å². The van der Waals surface area contributed by atoms with Crippen molar-refractivity contribution < 1.29 is 15.0 Å². The molecule has 58 heavy (non-hydrogen) atoms. The fraction of sp³-hybridized carbons (Fsp3) is 0.833. The van der Waals surface area contributed by atoms with E-state index in [0.717, 1.165) is 38.5 Å². The monoisotopic (exact) mass is 812 g/mol. The predicted octanol–water partition coefficient (Wildman–Crippen LogP) is 16.7. The number of allylic oxidation sites excluding steroid dienone is 7. The molecule has 0 aromatic rings. The van der Waals surface area contributed by atoms with Crippen LogP contribution in [0.25, 0.3) is 0 Å². The highest BCUT2D eigenvalue weighted by atomic mass is 16.3. The highest BCUT2D eigenvalue weighted by molar-refractivity contribution is 5.76. The summed E-state index contributed by atoms with van der Waals surface area (Å²) in [6.45, 7) is 4.31. The van der Waals surface area contributed by atoms with Crippen LogP contribution in [-0.4, -0.2) is 34.9 Å². The summed E-state index contributed by atoms with van der Waals surface area (Å²) in [6.07, 6.45) is 68.2. The minimum Gasteiger partial charge on any atom is -0.394 e. The molecule has 2 unspecified atom stereocenters. The van der Waals surface area contributed by atoms with Gasteiger partial charge >= 0.3 is 0 Å². The zero-order valence-electron chi connectivity index (χ0n) is 39.1. The summed E-state index contributed by atoms with van der Waals surface area (Å²) in [5.41, 5.74) is 0. The number of carbonyl (C=O) groups excluding carboxylic acids is 1. The molecule has 3 N–H and O–H groups in total. The van der Waals surface area contributed by atoms with Crippen molar-refractivity contribution in [3.63, 3.8) is 0 Å². The van der Waals surface area contributed by atoms with Gasteiger partial charge in [-0.05, 0) is 70.6 Å². The third kappa shape index (κ3) is 45.4. The lowest BCUT2D eigenvalue weighted by Crippen LogP contribution is -2.45. The molecule has 0 saturated heterocycles. The number of aliphatic hydroxyl groups is 2. The molecular weight excluding hydrogens is 711 g/mol. The van der Waals surface area contributed by atoms with E-state index >= 15 is 0 Å². The number of nitrogens with one attached hydrogen (secondary N) is 1. The Kier molecular flexibility index (Phi) is 48.3. The molecule has 0 heterocycles. The smallest absolute Gasteiger partial charge is 0.220 e. The van der Waals surface area contributed by atoms with Gasteiger partial charge in [-0.1, -0.05) is 242 Å². The third-order valence-electron chi connectivity index (χ3n) is 11.8. The molecule has 4 nitrogen and oxygen atoms in total. The van der Waals surface area contributed by atoms with Crippen LogP contribution in [0.4, 0.5) is 0 Å². The number of carbonyl (C=O) groups is 1. The normalized spacial score (nSPS) is 13.2. The van der Waals surface area contributed by atoms with Crippen LogP contribution >= 0.6 is 0 Å². The van der Waals surface area contributed by atoms with Crippen molar-refractivity contribution in [2.75, 3.05) is 6.61 Å². The molecule has 340 valence electrons. The van der Waals surface area contributed by atoms with E-state index in [1.54, 1.807) is 6.08 Å². The van der Waals surface area contributed by atoms with Crippen LogP contribution in [0.1, 0.15) is 271 Å². The van der Waals surface area contributed by atoms with Crippen molar-refractivity contribution in [1.29, 1.82) is 0 Å². The molecular formula is C54H101NO3. The largest absolute Gasteiger partial charge is 0.394 e. The highest BCUT2D eigenvalue weighted by Gasteiger charge is 2.17. The lowest BCUT2D eigenvalue weighted by Gasteiger charge is -2.19. The molecule has 0 aliphatic rings. The first-order valence-electron chi connectivity index (χ1n) is 25.9. The Balaban J connectivity index is 3.55. The van der Waals surface area contributed by atoms with E-state index in [1.165, 1.54) is 212 Å². The lowest BCUT2D eigenvalue weighted by molar-refractivity contribution is -0.123. The second kappa shape index (κ2) is 49.7. The summed E-state index contributed by atoms with van der Waals surface area (Å²) >= 11 is 0. The summed E-state index contributed by atoms with van der Waals surface area (Å²) in [7, 11) is 0. The van der Waals surface area contributed by atoms with Crippen LogP contribution in [0.5, 0.6) is 0 Å². The van der Waals surface area contributed by atoms with Gasteiger partial charge in [0.05, 0.1) is 18.8 Å². The number of aliphatic hydroxyl groups excluding tert-OH is 2. The van der Waals surface area contributed by atoms with Crippen LogP contribution in [0.3, 0.4) is 0 Å². The Labute approximate surface area is 363 Å². The first kappa shape index (κ1) is 56.4. The lowest BCUT2D eigenvalue weighted by atomic mass is 10.0. The summed E-state index contributed by atoms with van der Waals surface area (Å²) in [6, 6.07) is -0.645. The van der Waals surface area contributed by atoms with Crippen molar-refractivity contribution in [2.45, 2.75) is 283 Å². The Morgan fingerprint density at radius 3 is 1.00 bits per heavy atom. The molecule has 0 fully saturated rings. The Hall–Kier alpha value is -1.65. The first-order valence-corrected chi connectivity index (χ1v) is 25.9. The molecule has 0 bridgehead atoms. The molecule has 0 aliphatic heterocycles. The van der Waals surface area contributed by atoms with Gasteiger partial charge in [0.2, 0.25) is 5.91 Å². The summed E-state index contributed by atoms with van der Waals surface area (Å²) in [4.78, 5) is 12.4. The van der Waals surface area contributed by atoms with E-state index in [0.29, 0.717) is 6.42 Å². The first-order chi connectivity index (χ1) is 28.7. The van der Waals surface area contributed by atoms with E-state index in [1.807, 2.05) is 6.08 Å². The number of unbranched alkanes of at least 4 members (excludes halogenated alkanes) is 34. The standard InChI is InChI=1S/C54H101NO3/c1-3-5-7-9-11-13-15-17-19-21-23-24-25-26-27-28-29-30-32-34-36-38-40-42-44-46-48-50-54(58)55-52(51-56)53(57)49-47-45-43-41-39-37-35-33-31-22-20-18-16-14-12-10-8-6-4-2/h21,23,31,33,39,41,47,49,52-53,56-57H,3-20,22,24-30,32,34-38,40,42-46,48,50-51H2,1-2H3,(H,55,58)/b23-21-,33-31+,41-39+,49-47+. The van der Waals surface area contributed by atoms with E-state index in [9.17, 15) is 15.0 Å². The van der Waals surface area contributed by atoms with Gasteiger partial charge in [-0.15, -0.1) is 0 Å². The van der Waals surface area contributed by atoms with Crippen LogP contribution in [0.15, 0.2) is 48.6 Å². The highest BCUT2D eigenvalue weighted by Crippen LogP contribution is 2.16. The average molecular weight is 812 g/mol. The average Bonchev–Trinajstić information content (AvgIpc) is 3.23. The summed E-state index contributed by atoms with van der Waals surface area (Å²) < 4.78 is 0. The number of amides is 1. The topological polar surface area (TPSA) is 69.6 Å². The minimum absolute atomic E-state index is 0.0756. The van der Waals surface area contributed by atoms with Crippen molar-refractivity contribution in [2.24, 2.45) is 0 Å². The zero-order chi connectivity index (χ0) is 42.1. The van der Waals surface area contributed by atoms with Crippen molar-refractivity contribution >= 4 is 5.91 Å². The molecule has 1 amide bonds. The van der Waals surface area contributed by atoms with Gasteiger partial charge in [0.25, 0.3) is 0 Å². The van der Waals surface area contributed by atoms with E-state index in [-0.39, 0.29) is 12.5 Å². The fourth-order valence-electron chi connectivity index (χ4n) is 7.79. The minimum atomic E-state index is -0.870. The summed E-state index contributed by atoms with van der Waals surface area (Å²) in [5, 5.41) is 23.1. The van der Waals surface area contributed by atoms with Crippen LogP contribution in [0, 0.1) is 0 Å². The maximum atomic E-state index is 12.4. The van der Waals surface area contributed by atoms with Crippen LogP contribution in [-0.2, 0) is 4.79 Å². The van der Waals surface area contributed by atoms with E-state index < -0.39 is 12.1 Å². The van der Waals surface area contributed by atoms with E-state index in [2.05, 4.69) is 55.6 Å². The number of rotatable bonds is 47. The molecule has 0 aromatic carbocycles. The van der Waals surface area contributed by atoms with Crippen LogP contribution < -0.4 is 5.32 Å². The summed E-state index contributed by atoms with van der Waals surface area (Å²) in [5.74, 6) is -0.0756. The molecule has 0 aromatic heterocycles. The third-order valence-corrected chi connectivity index (χ3v) is 11.8. The number of hydrogen-bond donors (Lipinski definition) is 3. The molecule has 0 aliphatic carbocycles. The fourth-order valence-corrected chi connectivity index (χ4v) is 7.79. The molecule has 2 atom stereocenters. The van der Waals surface area contributed by atoms with Gasteiger partial charge in [-0.3, -0.25) is 4.79 Å². The van der Waals surface area contributed by atoms with Crippen molar-refractivity contribution in [3.05, 3.63) is 48.6 Å². The quantitative estimate of drug-likeness (QED) is 0.0423. The van der Waals surface area contributed by atoms with Crippen molar-refractivity contribution in [1.82, 2.24) is 5.32 Å². The van der Waals surface area contributed by atoms with Gasteiger partial charge in [0.1, 0.15) is 0 Å². The Bertz CT molecular complexity index is 923. The van der Waals surface area contributed by atoms with E-state index in [4.69, 9.17) is 0 Å². The zero-order valence-corrected chi connectivity index (χ0v) is 39.1. The van der Waals surface area contributed by atoms with Gasteiger partial charge in [0.15, 0.2) is 0 Å².